The SMILES string of the molecule is CC1=NC(C)C(CCC#N)(C(=O)O)C(c2cccnc2)C1C(=O)OCC=Cc1ccccc1. The van der Waals surface area contributed by atoms with E-state index < -0.39 is 35.2 Å². The molecule has 4 atom stereocenters. The third kappa shape index (κ3) is 5.01. The van der Waals surface area contributed by atoms with Crippen molar-refractivity contribution in [1.82, 2.24) is 4.98 Å². The lowest BCUT2D eigenvalue weighted by Gasteiger charge is -2.46. The maximum absolute atomic E-state index is 13.3. The molecule has 2 heterocycles. The summed E-state index contributed by atoms with van der Waals surface area (Å²) >= 11 is 0. The lowest BCUT2D eigenvalue weighted by atomic mass is 9.58. The van der Waals surface area contributed by atoms with Crippen LogP contribution in [-0.2, 0) is 14.3 Å². The first-order valence-corrected chi connectivity index (χ1v) is 10.8. The lowest BCUT2D eigenvalue weighted by molar-refractivity contribution is -0.157. The fraction of sp³-hybridized carbons (Fsp3) is 0.346. The number of benzene rings is 1. The van der Waals surface area contributed by atoms with Gasteiger partial charge < -0.3 is 9.84 Å². The van der Waals surface area contributed by atoms with Crippen LogP contribution in [0, 0.1) is 22.7 Å². The van der Waals surface area contributed by atoms with Crippen LogP contribution >= 0.6 is 0 Å². The maximum atomic E-state index is 13.3. The smallest absolute Gasteiger partial charge is 0.315 e. The Bertz CT molecular complexity index is 1080. The number of pyridine rings is 1. The third-order valence-electron chi connectivity index (χ3n) is 6.26. The normalized spacial score (nSPS) is 24.6. The molecule has 170 valence electrons. The number of aliphatic imine (C=N–C) groups is 1. The molecular formula is C26H27N3O4. The topological polar surface area (TPSA) is 113 Å². The van der Waals surface area contributed by atoms with Gasteiger partial charge in [-0.3, -0.25) is 19.6 Å². The Hall–Kier alpha value is -3.79. The first-order chi connectivity index (χ1) is 15.9. The Morgan fingerprint density at radius 3 is 2.64 bits per heavy atom. The molecule has 3 rings (SSSR count). The van der Waals surface area contributed by atoms with Crippen LogP contribution in [0.25, 0.3) is 6.08 Å². The second-order valence-corrected chi connectivity index (χ2v) is 8.13. The zero-order chi connectivity index (χ0) is 23.8. The molecule has 1 aromatic carbocycles. The summed E-state index contributed by atoms with van der Waals surface area (Å²) in [6, 6.07) is 14.5. The van der Waals surface area contributed by atoms with Crippen molar-refractivity contribution >= 4 is 23.7 Å². The fourth-order valence-corrected chi connectivity index (χ4v) is 4.67. The quantitative estimate of drug-likeness (QED) is 0.607. The number of rotatable bonds is 8. The Kier molecular flexibility index (Phi) is 7.73. The minimum atomic E-state index is -1.44. The van der Waals surface area contributed by atoms with Gasteiger partial charge >= 0.3 is 11.9 Å². The van der Waals surface area contributed by atoms with Crippen LogP contribution in [0.1, 0.15) is 43.7 Å². The predicted octanol–water partition coefficient (Wildman–Crippen LogP) is 4.28. The maximum Gasteiger partial charge on any atom is 0.315 e. The van der Waals surface area contributed by atoms with Gasteiger partial charge in [-0.15, -0.1) is 0 Å². The number of nitrogens with zero attached hydrogens (tertiary/aromatic N) is 3. The Labute approximate surface area is 193 Å². The van der Waals surface area contributed by atoms with Gasteiger partial charge in [0.25, 0.3) is 0 Å². The number of carbonyl (C=O) groups excluding carboxylic acids is 1. The van der Waals surface area contributed by atoms with Crippen LogP contribution in [0.15, 0.2) is 65.9 Å². The van der Waals surface area contributed by atoms with Crippen LogP contribution in [-0.4, -0.2) is 40.4 Å². The highest BCUT2D eigenvalue weighted by molar-refractivity contribution is 6.04. The molecule has 0 aliphatic carbocycles. The summed E-state index contributed by atoms with van der Waals surface area (Å²) < 4.78 is 5.55. The van der Waals surface area contributed by atoms with Gasteiger partial charge in [-0.2, -0.15) is 5.26 Å². The van der Waals surface area contributed by atoms with E-state index in [1.807, 2.05) is 42.5 Å². The van der Waals surface area contributed by atoms with E-state index in [4.69, 9.17) is 4.74 Å². The largest absolute Gasteiger partial charge is 0.481 e. The number of ether oxygens (including phenoxy) is 1. The summed E-state index contributed by atoms with van der Waals surface area (Å²) in [6.45, 7) is 3.50. The zero-order valence-corrected chi connectivity index (χ0v) is 18.7. The van der Waals surface area contributed by atoms with Gasteiger partial charge in [0.15, 0.2) is 0 Å². The fourth-order valence-electron chi connectivity index (χ4n) is 4.67. The summed E-state index contributed by atoms with van der Waals surface area (Å²) in [5, 5.41) is 19.6. The summed E-state index contributed by atoms with van der Waals surface area (Å²) in [5.41, 5.74) is 0.664. The number of aliphatic carboxylic acids is 1. The molecule has 1 aliphatic rings. The van der Waals surface area contributed by atoms with E-state index in [-0.39, 0.29) is 19.4 Å². The first-order valence-electron chi connectivity index (χ1n) is 10.8. The van der Waals surface area contributed by atoms with E-state index in [9.17, 15) is 20.0 Å². The monoisotopic (exact) mass is 445 g/mol. The summed E-state index contributed by atoms with van der Waals surface area (Å²) in [5.74, 6) is -3.30. The molecule has 0 bridgehead atoms. The third-order valence-corrected chi connectivity index (χ3v) is 6.26. The second kappa shape index (κ2) is 10.7. The molecule has 0 spiro atoms. The van der Waals surface area contributed by atoms with E-state index in [0.717, 1.165) is 5.56 Å². The molecule has 0 fully saturated rings. The molecule has 1 aromatic heterocycles. The second-order valence-electron chi connectivity index (χ2n) is 8.13. The van der Waals surface area contributed by atoms with Gasteiger partial charge in [-0.1, -0.05) is 42.5 Å². The van der Waals surface area contributed by atoms with Crippen molar-refractivity contribution in [3.05, 3.63) is 72.1 Å². The Balaban J connectivity index is 1.96. The molecule has 33 heavy (non-hydrogen) atoms. The minimum absolute atomic E-state index is 0.0313. The van der Waals surface area contributed by atoms with E-state index in [2.05, 4.69) is 9.98 Å². The minimum Gasteiger partial charge on any atom is -0.481 e. The number of hydrogen-bond acceptors (Lipinski definition) is 6. The number of carboxylic acid groups (broad SMARTS) is 1. The van der Waals surface area contributed by atoms with Gasteiger partial charge in [-0.05, 0) is 43.5 Å². The molecule has 7 heteroatoms. The number of carboxylic acids is 1. The first kappa shape index (κ1) is 23.9. The van der Waals surface area contributed by atoms with Gasteiger partial charge in [0, 0.05) is 30.4 Å². The highest BCUT2D eigenvalue weighted by Gasteiger charge is 2.58. The average molecular weight is 446 g/mol. The molecule has 0 saturated carbocycles. The average Bonchev–Trinajstić information content (AvgIpc) is 2.82. The van der Waals surface area contributed by atoms with Crippen LogP contribution in [0.5, 0.6) is 0 Å². The van der Waals surface area contributed by atoms with Crippen molar-refractivity contribution in [3.63, 3.8) is 0 Å². The van der Waals surface area contributed by atoms with Crippen molar-refractivity contribution in [2.45, 2.75) is 38.6 Å². The molecule has 4 unspecified atom stereocenters. The Morgan fingerprint density at radius 2 is 2.00 bits per heavy atom. The molecule has 7 nitrogen and oxygen atoms in total. The number of aromatic nitrogens is 1. The summed E-state index contributed by atoms with van der Waals surface area (Å²) in [7, 11) is 0. The molecule has 1 aliphatic heterocycles. The van der Waals surface area contributed by atoms with Crippen molar-refractivity contribution in [2.24, 2.45) is 16.3 Å². The molecule has 0 saturated heterocycles. The molecular weight excluding hydrogens is 418 g/mol. The number of carbonyl (C=O) groups is 2. The predicted molar refractivity (Wildman–Crippen MR) is 124 cm³/mol. The number of nitriles is 1. The molecule has 0 radical (unpaired) electrons. The molecule has 2 aromatic rings. The van der Waals surface area contributed by atoms with Crippen LogP contribution in [0.3, 0.4) is 0 Å². The van der Waals surface area contributed by atoms with E-state index in [0.29, 0.717) is 11.3 Å². The molecule has 0 amide bonds. The van der Waals surface area contributed by atoms with Gasteiger partial charge in [0.05, 0.1) is 17.5 Å². The number of hydrogen-bond donors (Lipinski definition) is 1. The number of esters is 1. The lowest BCUT2D eigenvalue weighted by Crippen LogP contribution is -2.54. The van der Waals surface area contributed by atoms with Crippen LogP contribution in [0.4, 0.5) is 0 Å². The van der Waals surface area contributed by atoms with Crippen molar-refractivity contribution in [1.29, 1.82) is 5.26 Å². The summed E-state index contributed by atoms with van der Waals surface area (Å²) in [6.07, 6.45) is 6.86. The highest BCUT2D eigenvalue weighted by atomic mass is 16.5. The van der Waals surface area contributed by atoms with E-state index in [1.165, 1.54) is 0 Å². The molecule has 1 N–H and O–H groups in total. The van der Waals surface area contributed by atoms with Gasteiger partial charge in [-0.25, -0.2) is 0 Å². The zero-order valence-electron chi connectivity index (χ0n) is 18.7. The standard InChI is InChI=1S/C26H27N3O4/c1-18-22(24(30)33-16-7-11-20-9-4-3-5-10-20)23(21-12-6-15-28-17-21)26(25(31)32,13-8-14-27)19(2)29-18/h3-7,9-12,15,17,19,22-23H,8,13,16H2,1-2H3,(H,31,32). The summed E-state index contributed by atoms with van der Waals surface area (Å²) in [4.78, 5) is 34.7. The van der Waals surface area contributed by atoms with Crippen LogP contribution in [0.2, 0.25) is 0 Å². The van der Waals surface area contributed by atoms with Crippen LogP contribution < -0.4 is 0 Å². The van der Waals surface area contributed by atoms with Crippen molar-refractivity contribution in [2.75, 3.05) is 6.61 Å². The van der Waals surface area contributed by atoms with E-state index in [1.54, 1.807) is 44.4 Å². The van der Waals surface area contributed by atoms with Gasteiger partial charge in [0.1, 0.15) is 12.5 Å². The van der Waals surface area contributed by atoms with Gasteiger partial charge in [0.2, 0.25) is 0 Å². The van der Waals surface area contributed by atoms with Crippen molar-refractivity contribution < 1.29 is 19.4 Å². The Morgan fingerprint density at radius 1 is 1.24 bits per heavy atom. The highest BCUT2D eigenvalue weighted by Crippen LogP contribution is 2.52. The van der Waals surface area contributed by atoms with E-state index >= 15 is 0 Å². The van der Waals surface area contributed by atoms with Crippen molar-refractivity contribution in [3.8, 4) is 6.07 Å².